The Labute approximate surface area is 175 Å². The second-order valence-corrected chi connectivity index (χ2v) is 9.07. The van der Waals surface area contributed by atoms with Gasteiger partial charge in [0.05, 0.1) is 23.9 Å². The molecule has 2 aliphatic heterocycles. The summed E-state index contributed by atoms with van der Waals surface area (Å²) in [4.78, 5) is 18.1. The van der Waals surface area contributed by atoms with Crippen molar-refractivity contribution >= 4 is 27.3 Å². The number of likely N-dealkylation sites (N-methyl/N-ethyl adjacent to an activating group) is 1. The quantitative estimate of drug-likeness (QED) is 0.767. The molecule has 0 spiro atoms. The van der Waals surface area contributed by atoms with Crippen molar-refractivity contribution in [3.05, 3.63) is 40.6 Å². The van der Waals surface area contributed by atoms with Crippen molar-refractivity contribution in [2.45, 2.75) is 32.0 Å². The number of benzene rings is 1. The minimum absolute atomic E-state index is 0.0152. The van der Waals surface area contributed by atoms with Crippen LogP contribution in [0.2, 0.25) is 0 Å². The number of carbonyl (C=O) groups excluding carboxylic acids is 1. The third-order valence-corrected chi connectivity index (χ3v) is 7.10. The molecule has 1 aromatic carbocycles. The Morgan fingerprint density at radius 2 is 1.79 bits per heavy atom. The molecular weight excluding hydrogens is 420 g/mol. The summed E-state index contributed by atoms with van der Waals surface area (Å²) in [7, 11) is 0. The number of Topliss-reactive ketones (excluding diaryl/α,β-unsaturated/α-hetero) is 1. The van der Waals surface area contributed by atoms with Crippen molar-refractivity contribution in [2.24, 2.45) is 11.8 Å². The molecule has 2 fully saturated rings. The highest BCUT2D eigenvalue weighted by atomic mass is 79.9. The zero-order chi connectivity index (χ0) is 19.7. The Bertz CT molecular complexity index is 728. The second-order valence-electron chi connectivity index (χ2n) is 8.15. The highest BCUT2D eigenvalue weighted by Crippen LogP contribution is 2.39. The van der Waals surface area contributed by atoms with E-state index in [4.69, 9.17) is 4.74 Å². The molecule has 3 aliphatic rings. The first-order valence-corrected chi connectivity index (χ1v) is 11.1. The van der Waals surface area contributed by atoms with Gasteiger partial charge in [-0.1, -0.05) is 35.0 Å². The standard InChI is InChI=1S/C22H29BrN2O3/c1-2-24-9-11-25(12-10-24)13-18-20(26)8-7-17-21(27)19(14-28-22(17)18)15-3-5-16(23)6-4-15/h3-6,14,17-18,20,22,26H,2,7-13H2,1H3. The molecule has 2 heterocycles. The predicted octanol–water partition coefficient (Wildman–Crippen LogP) is 2.78. The van der Waals surface area contributed by atoms with E-state index in [9.17, 15) is 9.90 Å². The molecule has 28 heavy (non-hydrogen) atoms. The number of fused-ring (bicyclic) bond motifs is 1. The monoisotopic (exact) mass is 448 g/mol. The van der Waals surface area contributed by atoms with E-state index in [0.29, 0.717) is 18.4 Å². The van der Waals surface area contributed by atoms with Gasteiger partial charge in [0.15, 0.2) is 5.78 Å². The van der Waals surface area contributed by atoms with Gasteiger partial charge in [0, 0.05) is 43.1 Å². The highest BCUT2D eigenvalue weighted by Gasteiger charge is 2.46. The predicted molar refractivity (Wildman–Crippen MR) is 113 cm³/mol. The van der Waals surface area contributed by atoms with Gasteiger partial charge in [0.1, 0.15) is 6.10 Å². The molecule has 1 saturated carbocycles. The number of ether oxygens (including phenoxy) is 1. The molecule has 1 aliphatic carbocycles. The van der Waals surface area contributed by atoms with Crippen molar-refractivity contribution in [1.29, 1.82) is 0 Å². The number of hydrogen-bond donors (Lipinski definition) is 1. The number of piperazine rings is 1. The summed E-state index contributed by atoms with van der Waals surface area (Å²) in [6.07, 6.45) is 2.37. The van der Waals surface area contributed by atoms with E-state index in [-0.39, 0.29) is 23.7 Å². The number of halogens is 1. The lowest BCUT2D eigenvalue weighted by Crippen LogP contribution is -2.54. The van der Waals surface area contributed by atoms with Crippen LogP contribution >= 0.6 is 15.9 Å². The topological polar surface area (TPSA) is 53.0 Å². The fraction of sp³-hybridized carbons (Fsp3) is 0.591. The van der Waals surface area contributed by atoms with E-state index < -0.39 is 6.10 Å². The van der Waals surface area contributed by atoms with Gasteiger partial charge in [-0.2, -0.15) is 0 Å². The first kappa shape index (κ1) is 20.1. The Morgan fingerprint density at radius 1 is 1.11 bits per heavy atom. The zero-order valence-electron chi connectivity index (χ0n) is 16.4. The van der Waals surface area contributed by atoms with Gasteiger partial charge in [-0.15, -0.1) is 0 Å². The van der Waals surface area contributed by atoms with Crippen LogP contribution in [0.4, 0.5) is 0 Å². The number of aliphatic hydroxyl groups excluding tert-OH is 1. The SMILES string of the molecule is CCN1CCN(CC2C(O)CCC3C(=O)C(c4ccc(Br)cc4)=COC32)CC1. The van der Waals surface area contributed by atoms with Crippen molar-refractivity contribution in [3.63, 3.8) is 0 Å². The van der Waals surface area contributed by atoms with Gasteiger partial charge in [0.2, 0.25) is 0 Å². The Hall–Kier alpha value is -1.21. The van der Waals surface area contributed by atoms with E-state index in [0.717, 1.165) is 49.3 Å². The molecule has 1 aromatic rings. The van der Waals surface area contributed by atoms with Crippen LogP contribution in [0, 0.1) is 11.8 Å². The van der Waals surface area contributed by atoms with Gasteiger partial charge in [-0.3, -0.25) is 4.79 Å². The van der Waals surface area contributed by atoms with Crippen molar-refractivity contribution in [2.75, 3.05) is 39.3 Å². The van der Waals surface area contributed by atoms with Gasteiger partial charge in [-0.05, 0) is 37.1 Å². The maximum absolute atomic E-state index is 13.2. The molecule has 0 bridgehead atoms. The summed E-state index contributed by atoms with van der Waals surface area (Å²) in [6.45, 7) is 8.26. The van der Waals surface area contributed by atoms with Crippen LogP contribution in [0.1, 0.15) is 25.3 Å². The third-order valence-electron chi connectivity index (χ3n) is 6.57. The van der Waals surface area contributed by atoms with Crippen LogP contribution in [-0.2, 0) is 9.53 Å². The molecule has 0 amide bonds. The van der Waals surface area contributed by atoms with Crippen LogP contribution in [-0.4, -0.2) is 72.2 Å². The summed E-state index contributed by atoms with van der Waals surface area (Å²) in [5, 5.41) is 10.7. The molecule has 1 saturated heterocycles. The fourth-order valence-electron chi connectivity index (χ4n) is 4.78. The van der Waals surface area contributed by atoms with Gasteiger partial charge >= 0.3 is 0 Å². The normalized spacial score (nSPS) is 31.8. The highest BCUT2D eigenvalue weighted by molar-refractivity contribution is 9.10. The first-order valence-electron chi connectivity index (χ1n) is 10.4. The van der Waals surface area contributed by atoms with Crippen LogP contribution in [0.3, 0.4) is 0 Å². The van der Waals surface area contributed by atoms with Gasteiger partial charge < -0.3 is 19.6 Å². The lowest BCUT2D eigenvalue weighted by atomic mass is 9.72. The minimum atomic E-state index is -0.402. The second kappa shape index (κ2) is 8.66. The number of allylic oxidation sites excluding steroid dienone is 1. The first-order chi connectivity index (χ1) is 13.6. The van der Waals surface area contributed by atoms with E-state index in [2.05, 4.69) is 32.7 Å². The molecule has 0 aromatic heterocycles. The van der Waals surface area contributed by atoms with E-state index in [1.165, 1.54) is 0 Å². The lowest BCUT2D eigenvalue weighted by molar-refractivity contribution is -0.133. The largest absolute Gasteiger partial charge is 0.496 e. The number of nitrogens with zero attached hydrogens (tertiary/aromatic N) is 2. The summed E-state index contributed by atoms with van der Waals surface area (Å²) in [5.41, 5.74) is 1.55. The summed E-state index contributed by atoms with van der Waals surface area (Å²) in [5.74, 6) is -0.0150. The van der Waals surface area contributed by atoms with Crippen LogP contribution < -0.4 is 0 Å². The Morgan fingerprint density at radius 3 is 2.46 bits per heavy atom. The molecular formula is C22H29BrN2O3. The molecule has 6 heteroatoms. The fourth-order valence-corrected chi connectivity index (χ4v) is 5.04. The van der Waals surface area contributed by atoms with Crippen LogP contribution in [0.25, 0.3) is 5.57 Å². The van der Waals surface area contributed by atoms with Crippen LogP contribution in [0.5, 0.6) is 0 Å². The number of aliphatic hydroxyl groups is 1. The third kappa shape index (κ3) is 4.06. The average molecular weight is 449 g/mol. The molecule has 4 rings (SSSR count). The number of carbonyl (C=O) groups is 1. The summed E-state index contributed by atoms with van der Waals surface area (Å²) in [6, 6.07) is 7.78. The Kier molecular flexibility index (Phi) is 6.21. The van der Waals surface area contributed by atoms with Gasteiger partial charge in [-0.25, -0.2) is 0 Å². The number of ketones is 1. The summed E-state index contributed by atoms with van der Waals surface area (Å²) < 4.78 is 7.11. The minimum Gasteiger partial charge on any atom is -0.496 e. The maximum atomic E-state index is 13.2. The molecule has 4 unspecified atom stereocenters. The Balaban J connectivity index is 1.48. The average Bonchev–Trinajstić information content (AvgIpc) is 2.72. The van der Waals surface area contributed by atoms with E-state index in [1.54, 1.807) is 6.26 Å². The molecule has 152 valence electrons. The van der Waals surface area contributed by atoms with Crippen LogP contribution in [0.15, 0.2) is 35.0 Å². The van der Waals surface area contributed by atoms with Crippen molar-refractivity contribution in [3.8, 4) is 0 Å². The van der Waals surface area contributed by atoms with Crippen molar-refractivity contribution in [1.82, 2.24) is 9.80 Å². The maximum Gasteiger partial charge on any atom is 0.173 e. The van der Waals surface area contributed by atoms with Crippen molar-refractivity contribution < 1.29 is 14.6 Å². The lowest BCUT2D eigenvalue weighted by Gasteiger charge is -2.45. The number of hydrogen-bond acceptors (Lipinski definition) is 5. The molecule has 1 N–H and O–H groups in total. The summed E-state index contributed by atoms with van der Waals surface area (Å²) >= 11 is 3.44. The van der Waals surface area contributed by atoms with E-state index >= 15 is 0 Å². The zero-order valence-corrected chi connectivity index (χ0v) is 18.0. The van der Waals surface area contributed by atoms with E-state index in [1.807, 2.05) is 24.3 Å². The van der Waals surface area contributed by atoms with Gasteiger partial charge in [0.25, 0.3) is 0 Å². The molecule has 4 atom stereocenters. The molecule has 5 nitrogen and oxygen atoms in total. The smallest absolute Gasteiger partial charge is 0.173 e. The molecule has 0 radical (unpaired) electrons. The number of rotatable bonds is 4.